The van der Waals surface area contributed by atoms with Crippen LogP contribution in [-0.2, 0) is 17.1 Å². The molecule has 2 atom stereocenters. The highest BCUT2D eigenvalue weighted by Gasteiger charge is 2.41. The van der Waals surface area contributed by atoms with Crippen molar-refractivity contribution in [2.24, 2.45) is 13.0 Å². The van der Waals surface area contributed by atoms with Crippen LogP contribution in [0.5, 0.6) is 5.75 Å². The quantitative estimate of drug-likeness (QED) is 0.395. The number of anilines is 2. The van der Waals surface area contributed by atoms with Crippen molar-refractivity contribution < 1.29 is 35.5 Å². The normalized spacial score (nSPS) is 20.6. The maximum Gasteiger partial charge on any atom is 0.276 e. The molecule has 4 heterocycles. The van der Waals surface area contributed by atoms with Gasteiger partial charge in [-0.3, -0.25) is 4.79 Å². The minimum atomic E-state index is -4.17. The van der Waals surface area contributed by atoms with Gasteiger partial charge in [0, 0.05) is 56.1 Å². The molecule has 2 aliphatic rings. The molecule has 2 N–H and O–H groups in total. The molecule has 1 saturated heterocycles. The minimum absolute atomic E-state index is 0.00196. The van der Waals surface area contributed by atoms with E-state index in [0.29, 0.717) is 12.1 Å². The van der Waals surface area contributed by atoms with Gasteiger partial charge < -0.3 is 19.5 Å². The van der Waals surface area contributed by atoms with Crippen LogP contribution >= 0.6 is 0 Å². The summed E-state index contributed by atoms with van der Waals surface area (Å²) < 4.78 is 89.6. The second-order valence-corrected chi connectivity index (χ2v) is 10.1. The molecule has 0 saturated carbocycles. The lowest BCUT2D eigenvalue weighted by atomic mass is 10.1. The van der Waals surface area contributed by atoms with Crippen molar-refractivity contribution in [2.45, 2.75) is 10.9 Å². The number of halogens is 4. The van der Waals surface area contributed by atoms with Gasteiger partial charge in [0.1, 0.15) is 4.90 Å². The lowest BCUT2D eigenvalue weighted by molar-refractivity contribution is 0.101. The fourth-order valence-electron chi connectivity index (χ4n) is 4.25. The summed E-state index contributed by atoms with van der Waals surface area (Å²) in [6.07, 6.45) is 3.18. The van der Waals surface area contributed by atoms with E-state index in [2.05, 4.69) is 20.0 Å². The highest BCUT2D eigenvalue weighted by molar-refractivity contribution is 7.89. The number of carbonyl (C=O) groups excluding carboxylic acids is 1. The van der Waals surface area contributed by atoms with E-state index in [-0.39, 0.29) is 53.6 Å². The Morgan fingerprint density at radius 1 is 1.14 bits per heavy atom. The number of hydrogen-bond donors (Lipinski definition) is 2. The average molecular weight is 526 g/mol. The van der Waals surface area contributed by atoms with Crippen molar-refractivity contribution in [3.8, 4) is 5.75 Å². The number of hydrogen-bond acceptors (Lipinski definition) is 7. The second kappa shape index (κ2) is 8.74. The second-order valence-electron chi connectivity index (χ2n) is 8.40. The zero-order valence-corrected chi connectivity index (χ0v) is 19.3. The highest BCUT2D eigenvalue weighted by atomic mass is 32.2. The Hall–Kier alpha value is -3.72. The molecule has 0 spiro atoms. The van der Waals surface area contributed by atoms with Gasteiger partial charge in [0.15, 0.2) is 34.7 Å². The Morgan fingerprint density at radius 3 is 2.47 bits per heavy atom. The Labute approximate surface area is 202 Å². The van der Waals surface area contributed by atoms with Gasteiger partial charge in [-0.25, -0.2) is 40.7 Å². The van der Waals surface area contributed by atoms with E-state index in [1.807, 2.05) is 0 Å². The van der Waals surface area contributed by atoms with Gasteiger partial charge in [-0.2, -0.15) is 0 Å². The van der Waals surface area contributed by atoms with Crippen LogP contribution in [0.4, 0.5) is 29.2 Å². The molecule has 3 aromatic rings. The van der Waals surface area contributed by atoms with Crippen molar-refractivity contribution in [3.05, 3.63) is 59.7 Å². The van der Waals surface area contributed by atoms with E-state index in [1.54, 1.807) is 4.90 Å². The van der Waals surface area contributed by atoms with Crippen molar-refractivity contribution >= 4 is 27.6 Å². The monoisotopic (exact) mass is 526 g/mol. The fraction of sp³-hybridized carbons (Fsp3) is 0.286. The zero-order valence-electron chi connectivity index (χ0n) is 18.5. The first kappa shape index (κ1) is 24.0. The molecule has 0 unspecified atom stereocenters. The van der Waals surface area contributed by atoms with Gasteiger partial charge in [0.25, 0.3) is 5.91 Å². The number of aromatic nitrogens is 3. The Kier molecular flexibility index (Phi) is 5.83. The molecular weight excluding hydrogens is 508 g/mol. The van der Waals surface area contributed by atoms with Crippen LogP contribution in [-0.4, -0.2) is 54.6 Å². The lowest BCUT2D eigenvalue weighted by Gasteiger charge is -2.23. The summed E-state index contributed by atoms with van der Waals surface area (Å²) in [6, 6.07) is 0.605. The van der Waals surface area contributed by atoms with Gasteiger partial charge in [-0.15, -0.1) is 0 Å². The topological polar surface area (TPSA) is 118 Å². The number of fused-ring (bicyclic) bond motifs is 2. The Morgan fingerprint density at radius 2 is 1.81 bits per heavy atom. The molecule has 1 amide bonds. The molecule has 1 aromatic carbocycles. The third kappa shape index (κ3) is 4.24. The van der Waals surface area contributed by atoms with Crippen LogP contribution in [0.2, 0.25) is 0 Å². The number of sulfonamides is 1. The first-order valence-electron chi connectivity index (χ1n) is 10.6. The summed E-state index contributed by atoms with van der Waals surface area (Å²) in [6.45, 7) is 0.495. The molecule has 1 fully saturated rings. The third-order valence-electron chi connectivity index (χ3n) is 5.93. The number of rotatable bonds is 3. The van der Waals surface area contributed by atoms with Crippen LogP contribution < -0.4 is 19.7 Å². The van der Waals surface area contributed by atoms with Crippen molar-refractivity contribution in [2.75, 3.05) is 29.9 Å². The molecule has 2 aliphatic heterocycles. The first-order chi connectivity index (χ1) is 17.0. The summed E-state index contributed by atoms with van der Waals surface area (Å²) in [5, 5.41) is 2.23. The minimum Gasteiger partial charge on any atom is -0.489 e. The molecule has 36 heavy (non-hydrogen) atoms. The number of amides is 1. The third-order valence-corrected chi connectivity index (χ3v) is 7.41. The number of nitrogens with one attached hydrogen (secondary N) is 2. The zero-order chi connectivity index (χ0) is 25.8. The van der Waals surface area contributed by atoms with E-state index < -0.39 is 45.2 Å². The molecule has 0 aliphatic carbocycles. The van der Waals surface area contributed by atoms with Crippen LogP contribution in [0.15, 0.2) is 35.6 Å². The van der Waals surface area contributed by atoms with Gasteiger partial charge in [-0.05, 0) is 0 Å². The SMILES string of the molecule is Cn1cc2c(c1C(=O)Nc1cc(F)c(F)c(F)c1)OC[C@H]1CN(c3ncc(F)cn3)C[C@H]1NS2(=O)=O. The van der Waals surface area contributed by atoms with E-state index >= 15 is 0 Å². The fourth-order valence-corrected chi connectivity index (χ4v) is 5.74. The molecule has 10 nitrogen and oxygen atoms in total. The Balaban J connectivity index is 1.43. The van der Waals surface area contributed by atoms with Crippen molar-refractivity contribution in [1.82, 2.24) is 19.3 Å². The van der Waals surface area contributed by atoms with Gasteiger partial charge in [-0.1, -0.05) is 0 Å². The number of ether oxygens (including phenoxy) is 1. The first-order valence-corrected chi connectivity index (χ1v) is 12.0. The standard InChI is InChI=1S/C21H18F4N6O4S/c1-30-8-16-19(18(30)20(32)28-12-2-13(23)17(25)14(24)3-12)35-9-10-6-31(7-15(10)29-36(16,33)34)21-26-4-11(22)5-27-21/h2-5,8,10,15,29H,6-7,9H2,1H3,(H,28,32)/t10-,15-/m1/s1. The summed E-state index contributed by atoms with van der Waals surface area (Å²) in [5.41, 5.74) is -0.598. The number of nitrogens with zero attached hydrogens (tertiary/aromatic N) is 4. The average Bonchev–Trinajstić information content (AvgIpc) is 3.35. The van der Waals surface area contributed by atoms with Gasteiger partial charge >= 0.3 is 0 Å². The number of carbonyl (C=O) groups is 1. The predicted octanol–water partition coefficient (Wildman–Crippen LogP) is 1.80. The number of aryl methyl sites for hydroxylation is 1. The summed E-state index contributed by atoms with van der Waals surface area (Å²) in [4.78, 5) is 22.2. The smallest absolute Gasteiger partial charge is 0.276 e. The van der Waals surface area contributed by atoms with Crippen LogP contribution in [0.1, 0.15) is 10.5 Å². The maximum absolute atomic E-state index is 13.6. The maximum atomic E-state index is 13.6. The molecule has 15 heteroatoms. The molecule has 5 rings (SSSR count). The summed E-state index contributed by atoms with van der Waals surface area (Å²) in [5.74, 6) is -6.64. The summed E-state index contributed by atoms with van der Waals surface area (Å²) in [7, 11) is -2.77. The molecule has 190 valence electrons. The molecular formula is C21H18F4N6O4S. The number of benzene rings is 1. The van der Waals surface area contributed by atoms with E-state index in [0.717, 1.165) is 12.4 Å². The Bertz CT molecular complexity index is 1440. The molecule has 0 bridgehead atoms. The van der Waals surface area contributed by atoms with Crippen LogP contribution in [0.3, 0.4) is 0 Å². The van der Waals surface area contributed by atoms with Crippen LogP contribution in [0, 0.1) is 29.2 Å². The van der Waals surface area contributed by atoms with Gasteiger partial charge in [0.05, 0.1) is 19.0 Å². The molecule has 2 aromatic heterocycles. The van der Waals surface area contributed by atoms with E-state index in [1.165, 1.54) is 17.8 Å². The summed E-state index contributed by atoms with van der Waals surface area (Å²) >= 11 is 0. The van der Waals surface area contributed by atoms with E-state index in [9.17, 15) is 30.8 Å². The van der Waals surface area contributed by atoms with E-state index in [4.69, 9.17) is 4.74 Å². The van der Waals surface area contributed by atoms with Crippen molar-refractivity contribution in [3.63, 3.8) is 0 Å². The van der Waals surface area contributed by atoms with Crippen LogP contribution in [0.25, 0.3) is 0 Å². The molecule has 0 radical (unpaired) electrons. The van der Waals surface area contributed by atoms with Crippen molar-refractivity contribution in [1.29, 1.82) is 0 Å². The largest absolute Gasteiger partial charge is 0.489 e. The highest BCUT2D eigenvalue weighted by Crippen LogP contribution is 2.35. The lowest BCUT2D eigenvalue weighted by Crippen LogP contribution is -2.43. The predicted molar refractivity (Wildman–Crippen MR) is 117 cm³/mol. The van der Waals surface area contributed by atoms with Gasteiger partial charge in [0.2, 0.25) is 16.0 Å².